The maximum Gasteiger partial charge on any atom is 0.378 e. The number of nitrogens with zero attached hydrogens (tertiary/aromatic N) is 5. The van der Waals surface area contributed by atoms with E-state index in [0.717, 1.165) is 11.4 Å². The first-order valence-electron chi connectivity index (χ1n) is 7.28. The van der Waals surface area contributed by atoms with Gasteiger partial charge < -0.3 is 14.4 Å². The lowest BCUT2D eigenvalue weighted by Crippen LogP contribution is -2.42. The molecule has 9 heteroatoms. The third-order valence-corrected chi connectivity index (χ3v) is 3.49. The van der Waals surface area contributed by atoms with Gasteiger partial charge in [0, 0.05) is 24.5 Å². The van der Waals surface area contributed by atoms with Crippen molar-refractivity contribution in [2.75, 3.05) is 32.9 Å². The molecule has 0 aromatic carbocycles. The van der Waals surface area contributed by atoms with Crippen molar-refractivity contribution in [2.45, 2.75) is 13.8 Å². The molecular weight excluding hydrogens is 302 g/mol. The average Bonchev–Trinajstić information content (AvgIpc) is 2.97. The Morgan fingerprint density at radius 2 is 2.00 bits per heavy atom. The Morgan fingerprint density at radius 3 is 2.74 bits per heavy atom. The van der Waals surface area contributed by atoms with Gasteiger partial charge in [-0.05, 0) is 19.9 Å². The Hall–Kier alpha value is -2.55. The molecule has 1 aliphatic heterocycles. The summed E-state index contributed by atoms with van der Waals surface area (Å²) < 4.78 is 11.6. The van der Waals surface area contributed by atoms with Crippen molar-refractivity contribution in [1.82, 2.24) is 24.5 Å². The van der Waals surface area contributed by atoms with E-state index in [1.165, 1.54) is 4.52 Å². The molecule has 0 bridgehead atoms. The van der Waals surface area contributed by atoms with Crippen LogP contribution in [-0.2, 0) is 14.3 Å². The fourth-order valence-corrected chi connectivity index (χ4v) is 2.35. The second-order valence-corrected chi connectivity index (χ2v) is 5.26. The first-order chi connectivity index (χ1) is 11.0. The molecule has 0 atom stereocenters. The molecule has 2 aromatic heterocycles. The Balaban J connectivity index is 1.66. The molecule has 1 aliphatic rings. The van der Waals surface area contributed by atoms with Gasteiger partial charge in [-0.1, -0.05) is 0 Å². The first-order valence-corrected chi connectivity index (χ1v) is 7.28. The minimum atomic E-state index is -0.742. The molecule has 122 valence electrons. The standard InChI is InChI=1S/C14H17N5O4/c1-9-7-10(2)19-14(15-9)16-12(17-19)13(21)23-8-11(20)18-3-5-22-6-4-18/h7H,3-6,8H2,1-2H3. The van der Waals surface area contributed by atoms with E-state index in [4.69, 9.17) is 9.47 Å². The summed E-state index contributed by atoms with van der Waals surface area (Å²) in [6.45, 7) is 5.35. The second kappa shape index (κ2) is 6.29. The van der Waals surface area contributed by atoms with Crippen molar-refractivity contribution in [2.24, 2.45) is 0 Å². The van der Waals surface area contributed by atoms with E-state index in [9.17, 15) is 9.59 Å². The van der Waals surface area contributed by atoms with Crippen molar-refractivity contribution in [3.63, 3.8) is 0 Å². The van der Waals surface area contributed by atoms with Crippen LogP contribution in [0, 0.1) is 13.8 Å². The number of fused-ring (bicyclic) bond motifs is 1. The van der Waals surface area contributed by atoms with Crippen molar-refractivity contribution >= 4 is 17.7 Å². The van der Waals surface area contributed by atoms with Crippen LogP contribution in [0.25, 0.3) is 5.78 Å². The Morgan fingerprint density at radius 1 is 1.26 bits per heavy atom. The van der Waals surface area contributed by atoms with Gasteiger partial charge >= 0.3 is 5.97 Å². The van der Waals surface area contributed by atoms with Crippen molar-refractivity contribution in [3.05, 3.63) is 23.3 Å². The average molecular weight is 319 g/mol. The normalized spacial score (nSPS) is 15.0. The largest absolute Gasteiger partial charge is 0.450 e. The number of carbonyl (C=O) groups is 2. The number of carbonyl (C=O) groups excluding carboxylic acids is 2. The van der Waals surface area contributed by atoms with Crippen LogP contribution >= 0.6 is 0 Å². The van der Waals surface area contributed by atoms with Crippen LogP contribution in [0.5, 0.6) is 0 Å². The molecule has 0 saturated carbocycles. The van der Waals surface area contributed by atoms with Gasteiger partial charge in [-0.3, -0.25) is 4.79 Å². The van der Waals surface area contributed by atoms with Gasteiger partial charge in [0.05, 0.1) is 13.2 Å². The molecule has 3 rings (SSSR count). The van der Waals surface area contributed by atoms with Crippen LogP contribution in [0.15, 0.2) is 6.07 Å². The van der Waals surface area contributed by atoms with Gasteiger partial charge in [-0.25, -0.2) is 14.3 Å². The lowest BCUT2D eigenvalue weighted by Gasteiger charge is -2.26. The number of hydrogen-bond donors (Lipinski definition) is 0. The predicted molar refractivity (Wildman–Crippen MR) is 77.9 cm³/mol. The zero-order chi connectivity index (χ0) is 16.4. The van der Waals surface area contributed by atoms with Crippen molar-refractivity contribution in [1.29, 1.82) is 0 Å². The minimum absolute atomic E-state index is 0.110. The van der Waals surface area contributed by atoms with Gasteiger partial charge in [0.2, 0.25) is 0 Å². The quantitative estimate of drug-likeness (QED) is 0.720. The number of rotatable bonds is 3. The molecule has 1 amide bonds. The fraction of sp³-hybridized carbons (Fsp3) is 0.500. The van der Waals surface area contributed by atoms with Crippen LogP contribution in [0.3, 0.4) is 0 Å². The number of aryl methyl sites for hydroxylation is 2. The number of aromatic nitrogens is 4. The van der Waals surface area contributed by atoms with Crippen LogP contribution in [0.4, 0.5) is 0 Å². The summed E-state index contributed by atoms with van der Waals surface area (Å²) in [4.78, 5) is 33.8. The molecule has 0 unspecified atom stereocenters. The number of esters is 1. The van der Waals surface area contributed by atoms with Crippen LogP contribution in [0.1, 0.15) is 22.0 Å². The number of morpholine rings is 1. The van der Waals surface area contributed by atoms with Gasteiger partial charge in [0.15, 0.2) is 6.61 Å². The molecule has 0 radical (unpaired) electrons. The van der Waals surface area contributed by atoms with Gasteiger partial charge in [0.1, 0.15) is 0 Å². The van der Waals surface area contributed by atoms with Crippen molar-refractivity contribution in [3.8, 4) is 0 Å². The highest BCUT2D eigenvalue weighted by atomic mass is 16.5. The third-order valence-electron chi connectivity index (χ3n) is 3.49. The molecule has 2 aromatic rings. The summed E-state index contributed by atoms with van der Waals surface area (Å²) in [5.41, 5.74) is 1.59. The lowest BCUT2D eigenvalue weighted by atomic mass is 10.4. The van der Waals surface area contributed by atoms with E-state index in [1.54, 1.807) is 4.90 Å². The van der Waals surface area contributed by atoms with Gasteiger partial charge in [-0.15, -0.1) is 5.10 Å². The third kappa shape index (κ3) is 3.29. The highest BCUT2D eigenvalue weighted by molar-refractivity contribution is 5.88. The van der Waals surface area contributed by atoms with E-state index in [-0.39, 0.29) is 18.3 Å². The number of ether oxygens (including phenoxy) is 2. The lowest BCUT2D eigenvalue weighted by molar-refractivity contribution is -0.138. The Labute approximate surface area is 132 Å². The number of amides is 1. The number of hydrogen-bond acceptors (Lipinski definition) is 7. The van der Waals surface area contributed by atoms with Crippen molar-refractivity contribution < 1.29 is 19.1 Å². The van der Waals surface area contributed by atoms with E-state index in [2.05, 4.69) is 15.1 Å². The zero-order valence-electron chi connectivity index (χ0n) is 13.0. The maximum atomic E-state index is 12.0. The van der Waals surface area contributed by atoms with E-state index < -0.39 is 5.97 Å². The molecule has 3 heterocycles. The van der Waals surface area contributed by atoms with Crippen LogP contribution in [-0.4, -0.2) is 69.3 Å². The first kappa shape index (κ1) is 15.3. The van der Waals surface area contributed by atoms with Gasteiger partial charge in [-0.2, -0.15) is 4.98 Å². The highest BCUT2D eigenvalue weighted by Gasteiger charge is 2.21. The Bertz CT molecular complexity index is 751. The highest BCUT2D eigenvalue weighted by Crippen LogP contribution is 2.06. The molecule has 1 fully saturated rings. The molecule has 23 heavy (non-hydrogen) atoms. The summed E-state index contributed by atoms with van der Waals surface area (Å²) in [5, 5.41) is 4.07. The molecule has 0 N–H and O–H groups in total. The van der Waals surface area contributed by atoms with Crippen LogP contribution in [0.2, 0.25) is 0 Å². The summed E-state index contributed by atoms with van der Waals surface area (Å²) in [6.07, 6.45) is 0. The van der Waals surface area contributed by atoms with E-state index in [1.807, 2.05) is 19.9 Å². The van der Waals surface area contributed by atoms with Gasteiger partial charge in [0.25, 0.3) is 17.5 Å². The summed E-state index contributed by atoms with van der Waals surface area (Å²) in [6, 6.07) is 1.83. The molecule has 0 spiro atoms. The summed E-state index contributed by atoms with van der Waals surface area (Å²) in [5.74, 6) is -0.778. The summed E-state index contributed by atoms with van der Waals surface area (Å²) >= 11 is 0. The summed E-state index contributed by atoms with van der Waals surface area (Å²) in [7, 11) is 0. The molecular formula is C14H17N5O4. The second-order valence-electron chi connectivity index (χ2n) is 5.26. The smallest absolute Gasteiger partial charge is 0.378 e. The minimum Gasteiger partial charge on any atom is -0.450 e. The molecule has 9 nitrogen and oxygen atoms in total. The Kier molecular flexibility index (Phi) is 4.20. The fourth-order valence-electron chi connectivity index (χ4n) is 2.35. The maximum absolute atomic E-state index is 12.0. The monoisotopic (exact) mass is 319 g/mol. The SMILES string of the molecule is Cc1cc(C)n2nc(C(=O)OCC(=O)N3CCOCC3)nc2n1. The molecule has 0 aliphatic carbocycles. The predicted octanol–water partition coefficient (Wildman–Crippen LogP) is -0.243. The van der Waals surface area contributed by atoms with E-state index in [0.29, 0.717) is 32.1 Å². The topological polar surface area (TPSA) is 98.9 Å². The molecule has 1 saturated heterocycles. The van der Waals surface area contributed by atoms with E-state index >= 15 is 0 Å². The van der Waals surface area contributed by atoms with Crippen LogP contribution < -0.4 is 0 Å². The zero-order valence-corrected chi connectivity index (χ0v) is 13.0.